The molecule has 0 radical (unpaired) electrons. The van der Waals surface area contributed by atoms with E-state index in [1.807, 2.05) is 24.5 Å². The van der Waals surface area contributed by atoms with Crippen LogP contribution in [0.15, 0.2) is 59.5 Å². The normalized spacial score (nSPS) is 10.7. The van der Waals surface area contributed by atoms with Crippen LogP contribution in [0.3, 0.4) is 0 Å². The van der Waals surface area contributed by atoms with E-state index in [4.69, 9.17) is 0 Å². The third kappa shape index (κ3) is 2.96. The van der Waals surface area contributed by atoms with E-state index in [-0.39, 0.29) is 0 Å². The predicted octanol–water partition coefficient (Wildman–Crippen LogP) is 4.05. The second-order valence-corrected chi connectivity index (χ2v) is 5.48. The van der Waals surface area contributed by atoms with Gasteiger partial charge in [0.05, 0.1) is 11.2 Å². The first-order valence-electron chi connectivity index (χ1n) is 6.50. The van der Waals surface area contributed by atoms with Crippen molar-refractivity contribution in [3.63, 3.8) is 0 Å². The van der Waals surface area contributed by atoms with Gasteiger partial charge < -0.3 is 5.32 Å². The standard InChI is InChI=1S/C16H14BrN3/c17-14-9-13-4-1-5-15(16(13)20-11-14)19-8-6-12-3-2-7-18-10-12/h1-5,7,9-11,19H,6,8H2. The highest BCUT2D eigenvalue weighted by Gasteiger charge is 2.02. The Morgan fingerprint density at radius 1 is 1.10 bits per heavy atom. The van der Waals surface area contributed by atoms with Gasteiger partial charge in [-0.05, 0) is 46.1 Å². The van der Waals surface area contributed by atoms with Crippen molar-refractivity contribution in [2.75, 3.05) is 11.9 Å². The zero-order valence-corrected chi connectivity index (χ0v) is 12.5. The summed E-state index contributed by atoms with van der Waals surface area (Å²) >= 11 is 3.45. The smallest absolute Gasteiger partial charge is 0.0934 e. The molecule has 0 saturated carbocycles. The summed E-state index contributed by atoms with van der Waals surface area (Å²) in [7, 11) is 0. The minimum Gasteiger partial charge on any atom is -0.383 e. The molecule has 3 nitrogen and oxygen atoms in total. The maximum absolute atomic E-state index is 4.48. The summed E-state index contributed by atoms with van der Waals surface area (Å²) in [4.78, 5) is 8.61. The van der Waals surface area contributed by atoms with Gasteiger partial charge in [0.1, 0.15) is 0 Å². The van der Waals surface area contributed by atoms with Crippen molar-refractivity contribution in [3.05, 3.63) is 65.0 Å². The molecule has 4 heteroatoms. The molecule has 0 saturated heterocycles. The molecule has 0 amide bonds. The number of anilines is 1. The molecule has 0 bridgehead atoms. The number of nitrogens with zero attached hydrogens (tertiary/aromatic N) is 2. The van der Waals surface area contributed by atoms with Crippen LogP contribution in [0.4, 0.5) is 5.69 Å². The van der Waals surface area contributed by atoms with Crippen LogP contribution in [0.1, 0.15) is 5.56 Å². The monoisotopic (exact) mass is 327 g/mol. The number of fused-ring (bicyclic) bond motifs is 1. The molecule has 0 atom stereocenters. The lowest BCUT2D eigenvalue weighted by atomic mass is 10.1. The van der Waals surface area contributed by atoms with E-state index in [0.717, 1.165) is 34.0 Å². The Labute approximate surface area is 126 Å². The SMILES string of the molecule is Brc1cnc2c(NCCc3cccnc3)cccc2c1. The topological polar surface area (TPSA) is 37.8 Å². The van der Waals surface area contributed by atoms with E-state index in [9.17, 15) is 0 Å². The molecule has 0 unspecified atom stereocenters. The number of halogens is 1. The highest BCUT2D eigenvalue weighted by Crippen LogP contribution is 2.23. The summed E-state index contributed by atoms with van der Waals surface area (Å²) < 4.78 is 0.998. The largest absolute Gasteiger partial charge is 0.383 e. The lowest BCUT2D eigenvalue weighted by Gasteiger charge is -2.09. The second-order valence-electron chi connectivity index (χ2n) is 4.57. The van der Waals surface area contributed by atoms with Crippen LogP contribution in [-0.4, -0.2) is 16.5 Å². The Bertz CT molecular complexity index is 713. The van der Waals surface area contributed by atoms with E-state index in [1.54, 1.807) is 6.20 Å². The maximum Gasteiger partial charge on any atom is 0.0934 e. The quantitative estimate of drug-likeness (QED) is 0.785. The van der Waals surface area contributed by atoms with Crippen molar-refractivity contribution in [2.24, 2.45) is 0 Å². The van der Waals surface area contributed by atoms with Crippen molar-refractivity contribution in [1.82, 2.24) is 9.97 Å². The predicted molar refractivity (Wildman–Crippen MR) is 85.9 cm³/mol. The highest BCUT2D eigenvalue weighted by atomic mass is 79.9. The summed E-state index contributed by atoms with van der Waals surface area (Å²) in [5, 5.41) is 4.58. The van der Waals surface area contributed by atoms with Crippen LogP contribution >= 0.6 is 15.9 Å². The number of hydrogen-bond donors (Lipinski definition) is 1. The van der Waals surface area contributed by atoms with Gasteiger partial charge >= 0.3 is 0 Å². The molecule has 0 aliphatic heterocycles. The van der Waals surface area contributed by atoms with E-state index in [2.05, 4.69) is 55.5 Å². The average Bonchev–Trinajstić information content (AvgIpc) is 2.48. The van der Waals surface area contributed by atoms with Gasteiger partial charge in [0.25, 0.3) is 0 Å². The lowest BCUT2D eigenvalue weighted by Crippen LogP contribution is -2.05. The van der Waals surface area contributed by atoms with Crippen molar-refractivity contribution in [1.29, 1.82) is 0 Å². The number of pyridine rings is 2. The number of aromatic nitrogens is 2. The molecule has 0 fully saturated rings. The molecular weight excluding hydrogens is 314 g/mol. The lowest BCUT2D eigenvalue weighted by molar-refractivity contribution is 1.01. The highest BCUT2D eigenvalue weighted by molar-refractivity contribution is 9.10. The van der Waals surface area contributed by atoms with E-state index < -0.39 is 0 Å². The van der Waals surface area contributed by atoms with Gasteiger partial charge in [0.2, 0.25) is 0 Å². The second kappa shape index (κ2) is 6.01. The minimum absolute atomic E-state index is 0.864. The fraction of sp³-hybridized carbons (Fsp3) is 0.125. The van der Waals surface area contributed by atoms with Crippen LogP contribution in [0, 0.1) is 0 Å². The van der Waals surface area contributed by atoms with E-state index in [1.165, 1.54) is 5.56 Å². The molecule has 2 heterocycles. The summed E-state index contributed by atoms with van der Waals surface area (Å²) in [5.74, 6) is 0. The van der Waals surface area contributed by atoms with Gasteiger partial charge in [0.15, 0.2) is 0 Å². The van der Waals surface area contributed by atoms with Crippen LogP contribution in [0.2, 0.25) is 0 Å². The minimum atomic E-state index is 0.864. The van der Waals surface area contributed by atoms with Gasteiger partial charge in [-0.3, -0.25) is 9.97 Å². The summed E-state index contributed by atoms with van der Waals surface area (Å²) in [6, 6.07) is 12.3. The number of para-hydroxylation sites is 1. The van der Waals surface area contributed by atoms with Gasteiger partial charge in [-0.1, -0.05) is 18.2 Å². The molecular formula is C16H14BrN3. The summed E-state index contributed by atoms with van der Waals surface area (Å²) in [6.45, 7) is 0.864. The zero-order chi connectivity index (χ0) is 13.8. The zero-order valence-electron chi connectivity index (χ0n) is 10.9. The molecule has 20 heavy (non-hydrogen) atoms. The third-order valence-corrected chi connectivity index (χ3v) is 3.56. The molecule has 3 rings (SSSR count). The molecule has 0 aliphatic carbocycles. The molecule has 0 spiro atoms. The summed E-state index contributed by atoms with van der Waals surface area (Å²) in [5.41, 5.74) is 3.30. The van der Waals surface area contributed by atoms with Crippen molar-refractivity contribution in [2.45, 2.75) is 6.42 Å². The Morgan fingerprint density at radius 2 is 2.05 bits per heavy atom. The van der Waals surface area contributed by atoms with Gasteiger partial charge in [0, 0.05) is 35.0 Å². The van der Waals surface area contributed by atoms with E-state index >= 15 is 0 Å². The third-order valence-electron chi connectivity index (χ3n) is 3.13. The molecule has 2 aromatic heterocycles. The number of hydrogen-bond acceptors (Lipinski definition) is 3. The number of rotatable bonds is 4. The van der Waals surface area contributed by atoms with Crippen molar-refractivity contribution >= 4 is 32.5 Å². The Balaban J connectivity index is 1.74. The van der Waals surface area contributed by atoms with Crippen molar-refractivity contribution in [3.8, 4) is 0 Å². The van der Waals surface area contributed by atoms with Crippen LogP contribution in [-0.2, 0) is 6.42 Å². The van der Waals surface area contributed by atoms with Gasteiger partial charge in [-0.2, -0.15) is 0 Å². The van der Waals surface area contributed by atoms with Crippen LogP contribution in [0.25, 0.3) is 10.9 Å². The first-order valence-corrected chi connectivity index (χ1v) is 7.29. The van der Waals surface area contributed by atoms with Crippen molar-refractivity contribution < 1.29 is 0 Å². The average molecular weight is 328 g/mol. The number of nitrogens with one attached hydrogen (secondary N) is 1. The fourth-order valence-corrected chi connectivity index (χ4v) is 2.51. The molecule has 100 valence electrons. The molecule has 3 aromatic rings. The Morgan fingerprint density at radius 3 is 2.90 bits per heavy atom. The fourth-order valence-electron chi connectivity index (χ4n) is 2.16. The Kier molecular flexibility index (Phi) is 3.92. The first-order chi connectivity index (χ1) is 9.83. The number of benzene rings is 1. The van der Waals surface area contributed by atoms with E-state index in [0.29, 0.717) is 0 Å². The van der Waals surface area contributed by atoms with Crippen LogP contribution in [0.5, 0.6) is 0 Å². The molecule has 1 aromatic carbocycles. The van der Waals surface area contributed by atoms with Gasteiger partial charge in [-0.15, -0.1) is 0 Å². The van der Waals surface area contributed by atoms with Gasteiger partial charge in [-0.25, -0.2) is 0 Å². The molecule has 0 aliphatic rings. The van der Waals surface area contributed by atoms with Crippen LogP contribution < -0.4 is 5.32 Å². The maximum atomic E-state index is 4.48. The molecule has 1 N–H and O–H groups in total. The first kappa shape index (κ1) is 13.1. The Hall–Kier alpha value is -1.94. The summed E-state index contributed by atoms with van der Waals surface area (Å²) in [6.07, 6.45) is 6.47.